The van der Waals surface area contributed by atoms with Crippen molar-refractivity contribution >= 4 is 15.9 Å². The molecule has 18 heavy (non-hydrogen) atoms. The molecule has 0 aliphatic rings. The van der Waals surface area contributed by atoms with Crippen LogP contribution in [0.25, 0.3) is 0 Å². The Labute approximate surface area is 113 Å². The van der Waals surface area contributed by atoms with Crippen LogP contribution in [0.2, 0.25) is 0 Å². The van der Waals surface area contributed by atoms with E-state index in [2.05, 4.69) is 15.9 Å². The van der Waals surface area contributed by atoms with Crippen LogP contribution in [0, 0.1) is 17.1 Å². The number of halogens is 2. The lowest BCUT2D eigenvalue weighted by molar-refractivity contribution is 0.470. The molecule has 2 aromatic carbocycles. The van der Waals surface area contributed by atoms with Crippen LogP contribution in [-0.2, 0) is 5.33 Å². The molecule has 0 fully saturated rings. The topological polar surface area (TPSA) is 33.0 Å². The Morgan fingerprint density at radius 2 is 1.89 bits per heavy atom. The van der Waals surface area contributed by atoms with Crippen molar-refractivity contribution in [3.05, 3.63) is 59.4 Å². The molecule has 0 unspecified atom stereocenters. The largest absolute Gasteiger partial charge is 0.457 e. The van der Waals surface area contributed by atoms with Crippen LogP contribution in [0.5, 0.6) is 11.5 Å². The molecule has 0 spiro atoms. The van der Waals surface area contributed by atoms with Gasteiger partial charge in [-0.05, 0) is 36.4 Å². The maximum Gasteiger partial charge on any atom is 0.134 e. The maximum absolute atomic E-state index is 13.5. The molecule has 2 rings (SSSR count). The van der Waals surface area contributed by atoms with E-state index in [0.29, 0.717) is 28.0 Å². The van der Waals surface area contributed by atoms with E-state index in [1.54, 1.807) is 36.4 Å². The van der Waals surface area contributed by atoms with Crippen LogP contribution >= 0.6 is 15.9 Å². The van der Waals surface area contributed by atoms with Gasteiger partial charge in [0.1, 0.15) is 17.3 Å². The fourth-order valence-electron chi connectivity index (χ4n) is 1.49. The molecular weight excluding hydrogens is 297 g/mol. The summed E-state index contributed by atoms with van der Waals surface area (Å²) in [6.07, 6.45) is 0. The lowest BCUT2D eigenvalue weighted by atomic mass is 10.2. The summed E-state index contributed by atoms with van der Waals surface area (Å²) in [5.74, 6) is 0.733. The molecule has 4 heteroatoms. The molecule has 0 bridgehead atoms. The van der Waals surface area contributed by atoms with Crippen molar-refractivity contribution in [1.82, 2.24) is 0 Å². The van der Waals surface area contributed by atoms with Gasteiger partial charge >= 0.3 is 0 Å². The quantitative estimate of drug-likeness (QED) is 0.788. The summed E-state index contributed by atoms with van der Waals surface area (Å²) in [6, 6.07) is 13.4. The summed E-state index contributed by atoms with van der Waals surface area (Å²) in [5, 5.41) is 9.07. The van der Waals surface area contributed by atoms with Gasteiger partial charge in [-0.25, -0.2) is 4.39 Å². The van der Waals surface area contributed by atoms with Gasteiger partial charge in [0.15, 0.2) is 0 Å². The van der Waals surface area contributed by atoms with Crippen LogP contribution in [-0.4, -0.2) is 0 Å². The summed E-state index contributed by atoms with van der Waals surface area (Å²) in [4.78, 5) is 0. The minimum atomic E-state index is -0.307. The number of nitrogens with zero attached hydrogens (tertiary/aromatic N) is 1. The molecule has 0 amide bonds. The highest BCUT2D eigenvalue weighted by Gasteiger charge is 2.08. The van der Waals surface area contributed by atoms with Crippen molar-refractivity contribution < 1.29 is 9.13 Å². The van der Waals surface area contributed by atoms with Crippen LogP contribution < -0.4 is 4.74 Å². The molecule has 2 aromatic rings. The first-order valence-corrected chi connectivity index (χ1v) is 6.38. The molecule has 0 saturated heterocycles. The molecule has 2 nitrogen and oxygen atoms in total. The minimum absolute atomic E-state index is 0.307. The summed E-state index contributed by atoms with van der Waals surface area (Å²) >= 11 is 3.23. The Bertz CT molecular complexity index is 590. The van der Waals surface area contributed by atoms with Crippen molar-refractivity contribution in [2.24, 2.45) is 0 Å². The average Bonchev–Trinajstić information content (AvgIpc) is 2.40. The van der Waals surface area contributed by atoms with Gasteiger partial charge in [0.05, 0.1) is 11.6 Å². The van der Waals surface area contributed by atoms with E-state index >= 15 is 0 Å². The van der Waals surface area contributed by atoms with Crippen molar-refractivity contribution in [1.29, 1.82) is 5.26 Å². The zero-order valence-electron chi connectivity index (χ0n) is 9.36. The maximum atomic E-state index is 13.5. The molecule has 0 aliphatic carbocycles. The summed E-state index contributed by atoms with van der Waals surface area (Å²) < 4.78 is 19.1. The standard InChI is InChI=1S/C14H9BrFNO/c15-8-12-13(16)2-1-3-14(12)18-11-6-4-10(9-17)5-7-11/h1-7H,8H2. The van der Waals surface area contributed by atoms with Gasteiger partial charge in [-0.2, -0.15) is 5.26 Å². The van der Waals surface area contributed by atoms with Gasteiger partial charge in [-0.3, -0.25) is 0 Å². The minimum Gasteiger partial charge on any atom is -0.457 e. The Balaban J connectivity index is 2.28. The van der Waals surface area contributed by atoms with E-state index in [1.165, 1.54) is 6.07 Å². The van der Waals surface area contributed by atoms with E-state index < -0.39 is 0 Å². The van der Waals surface area contributed by atoms with Crippen molar-refractivity contribution in [2.75, 3.05) is 0 Å². The molecule has 0 atom stereocenters. The van der Waals surface area contributed by atoms with Crippen molar-refractivity contribution in [2.45, 2.75) is 5.33 Å². The van der Waals surface area contributed by atoms with Gasteiger partial charge in [0, 0.05) is 10.9 Å². The van der Waals surface area contributed by atoms with Gasteiger partial charge in [-0.1, -0.05) is 22.0 Å². The number of alkyl halides is 1. The lowest BCUT2D eigenvalue weighted by Gasteiger charge is -2.10. The number of hydrogen-bond acceptors (Lipinski definition) is 2. The van der Waals surface area contributed by atoms with Gasteiger partial charge in [-0.15, -0.1) is 0 Å². The summed E-state index contributed by atoms with van der Waals surface area (Å²) in [5.41, 5.74) is 1.03. The average molecular weight is 306 g/mol. The molecule has 0 heterocycles. The van der Waals surface area contributed by atoms with Gasteiger partial charge in [0.25, 0.3) is 0 Å². The Morgan fingerprint density at radius 3 is 2.50 bits per heavy atom. The van der Waals surface area contributed by atoms with Crippen LogP contribution in [0.4, 0.5) is 4.39 Å². The van der Waals surface area contributed by atoms with E-state index in [0.717, 1.165) is 0 Å². The van der Waals surface area contributed by atoms with E-state index in [4.69, 9.17) is 10.00 Å². The Kier molecular flexibility index (Phi) is 3.96. The molecule has 0 aromatic heterocycles. The SMILES string of the molecule is N#Cc1ccc(Oc2cccc(F)c2CBr)cc1. The smallest absolute Gasteiger partial charge is 0.134 e. The molecule has 0 N–H and O–H groups in total. The second-order valence-corrected chi connectivity index (χ2v) is 4.15. The third kappa shape index (κ3) is 2.69. The number of rotatable bonds is 3. The predicted octanol–water partition coefficient (Wildman–Crippen LogP) is 4.38. The van der Waals surface area contributed by atoms with E-state index in [9.17, 15) is 4.39 Å². The third-order valence-electron chi connectivity index (χ3n) is 2.42. The summed E-state index contributed by atoms with van der Waals surface area (Å²) in [6.45, 7) is 0. The lowest BCUT2D eigenvalue weighted by Crippen LogP contribution is -1.93. The number of ether oxygens (including phenoxy) is 1. The second-order valence-electron chi connectivity index (χ2n) is 3.59. The summed E-state index contributed by atoms with van der Waals surface area (Å²) in [7, 11) is 0. The Hall–Kier alpha value is -1.86. The molecule has 0 radical (unpaired) electrons. The van der Waals surface area contributed by atoms with Crippen LogP contribution in [0.1, 0.15) is 11.1 Å². The highest BCUT2D eigenvalue weighted by atomic mass is 79.9. The first-order chi connectivity index (χ1) is 8.74. The molecule has 0 saturated carbocycles. The second kappa shape index (κ2) is 5.65. The molecule has 0 aliphatic heterocycles. The van der Waals surface area contributed by atoms with Gasteiger partial charge in [0.2, 0.25) is 0 Å². The highest BCUT2D eigenvalue weighted by Crippen LogP contribution is 2.28. The third-order valence-corrected chi connectivity index (χ3v) is 2.98. The molecule has 90 valence electrons. The zero-order valence-corrected chi connectivity index (χ0v) is 10.9. The molecular formula is C14H9BrFNO. The number of nitriles is 1. The van der Waals surface area contributed by atoms with E-state index in [1.807, 2.05) is 6.07 Å². The first-order valence-electron chi connectivity index (χ1n) is 5.26. The first kappa shape index (κ1) is 12.6. The van der Waals surface area contributed by atoms with Crippen molar-refractivity contribution in [3.8, 4) is 17.6 Å². The van der Waals surface area contributed by atoms with Gasteiger partial charge < -0.3 is 4.74 Å². The number of benzene rings is 2. The Morgan fingerprint density at radius 1 is 1.17 bits per heavy atom. The predicted molar refractivity (Wildman–Crippen MR) is 70.3 cm³/mol. The monoisotopic (exact) mass is 305 g/mol. The van der Waals surface area contributed by atoms with Crippen LogP contribution in [0.3, 0.4) is 0 Å². The fraction of sp³-hybridized carbons (Fsp3) is 0.0714. The highest BCUT2D eigenvalue weighted by molar-refractivity contribution is 9.08. The van der Waals surface area contributed by atoms with E-state index in [-0.39, 0.29) is 5.82 Å². The van der Waals surface area contributed by atoms with Crippen molar-refractivity contribution in [3.63, 3.8) is 0 Å². The fourth-order valence-corrected chi connectivity index (χ4v) is 2.03. The normalized spacial score (nSPS) is 9.83. The zero-order chi connectivity index (χ0) is 13.0. The van der Waals surface area contributed by atoms with Crippen LogP contribution in [0.15, 0.2) is 42.5 Å². The number of hydrogen-bond donors (Lipinski definition) is 0.